The van der Waals surface area contributed by atoms with Crippen LogP contribution in [-0.4, -0.2) is 32.8 Å². The molecule has 76 valence electrons. The molecule has 0 saturated heterocycles. The molecule has 0 heterocycles. The largest absolute Gasteiger partial charge is 0.481 e. The Morgan fingerprint density at radius 1 is 1.15 bits per heavy atom. The lowest BCUT2D eigenvalue weighted by Crippen LogP contribution is -2.06. The van der Waals surface area contributed by atoms with Crippen LogP contribution in [0.4, 0.5) is 0 Å². The molecule has 0 unspecified atom stereocenters. The van der Waals surface area contributed by atoms with Crippen molar-refractivity contribution in [3.05, 3.63) is 0 Å². The van der Waals surface area contributed by atoms with Crippen LogP contribution in [0.3, 0.4) is 0 Å². The highest BCUT2D eigenvalue weighted by molar-refractivity contribution is 7.52. The average Bonchev–Trinajstić information content (AvgIpc) is 1.81. The Hall–Kier alpha value is -0.710. The zero-order valence-corrected chi connectivity index (χ0v) is 7.74. The van der Waals surface area contributed by atoms with Crippen molar-refractivity contribution in [2.45, 2.75) is 19.3 Å². The fourth-order valence-corrected chi connectivity index (χ4v) is 1.36. The topological polar surface area (TPSA) is 112 Å². The minimum Gasteiger partial charge on any atom is -0.481 e. The summed E-state index contributed by atoms with van der Waals surface area (Å²) in [5.41, 5.74) is 0. The second-order valence-corrected chi connectivity index (χ2v) is 4.25. The number of rotatable bonds is 6. The monoisotopic (exact) mass is 210 g/mol. The summed E-state index contributed by atoms with van der Waals surface area (Å²) in [5.74, 6) is -1.63. The van der Waals surface area contributed by atoms with Crippen molar-refractivity contribution in [2.75, 3.05) is 6.16 Å². The van der Waals surface area contributed by atoms with E-state index in [-0.39, 0.29) is 19.3 Å². The van der Waals surface area contributed by atoms with Crippen molar-refractivity contribution in [1.82, 2.24) is 0 Å². The van der Waals surface area contributed by atoms with E-state index in [1.807, 2.05) is 0 Å². The first kappa shape index (κ1) is 12.3. The Kier molecular flexibility index (Phi) is 4.83. The summed E-state index contributed by atoms with van der Waals surface area (Å²) in [6.45, 7) is 0. The third-order valence-electron chi connectivity index (χ3n) is 1.23. The van der Waals surface area contributed by atoms with Crippen molar-refractivity contribution in [3.63, 3.8) is 0 Å². The number of carbonyl (C=O) groups excluding carboxylic acids is 1. The van der Waals surface area contributed by atoms with Gasteiger partial charge in [0.15, 0.2) is 0 Å². The fraction of sp³-hybridized carbons (Fsp3) is 0.667. The van der Waals surface area contributed by atoms with Crippen molar-refractivity contribution in [1.29, 1.82) is 0 Å². The quantitative estimate of drug-likeness (QED) is 0.531. The van der Waals surface area contributed by atoms with Gasteiger partial charge in [0.05, 0.1) is 0 Å². The molecule has 0 amide bonds. The smallest absolute Gasteiger partial charge is 0.332 e. The maximum absolute atomic E-state index is 10.8. The average molecular weight is 210 g/mol. The molecule has 0 aliphatic carbocycles. The van der Waals surface area contributed by atoms with Gasteiger partial charge in [-0.15, -0.1) is 0 Å². The van der Waals surface area contributed by atoms with Crippen molar-refractivity contribution >= 4 is 19.3 Å². The zero-order valence-electron chi connectivity index (χ0n) is 6.84. The van der Waals surface area contributed by atoms with Crippen LogP contribution in [0.1, 0.15) is 19.3 Å². The van der Waals surface area contributed by atoms with Crippen LogP contribution in [0, 0.1) is 0 Å². The van der Waals surface area contributed by atoms with E-state index in [1.165, 1.54) is 0 Å². The zero-order chi connectivity index (χ0) is 10.5. The van der Waals surface area contributed by atoms with Crippen LogP contribution in [0.15, 0.2) is 0 Å². The molecule has 0 atom stereocenters. The van der Waals surface area contributed by atoms with Crippen molar-refractivity contribution < 1.29 is 29.0 Å². The van der Waals surface area contributed by atoms with Gasteiger partial charge in [-0.2, -0.15) is 0 Å². The van der Waals surface area contributed by atoms with Gasteiger partial charge in [-0.1, -0.05) is 0 Å². The molecule has 0 spiro atoms. The van der Waals surface area contributed by atoms with E-state index in [1.54, 1.807) is 0 Å². The summed E-state index contributed by atoms with van der Waals surface area (Å²) in [7, 11) is -4.28. The van der Waals surface area contributed by atoms with E-state index in [4.69, 9.17) is 14.9 Å². The minimum atomic E-state index is -4.28. The predicted octanol–water partition coefficient (Wildman–Crippen LogP) is -0.0119. The lowest BCUT2D eigenvalue weighted by molar-refractivity contribution is -0.137. The molecule has 7 heteroatoms. The van der Waals surface area contributed by atoms with Crippen LogP contribution in [-0.2, 0) is 14.2 Å². The summed E-state index contributed by atoms with van der Waals surface area (Å²) >= 11 is 0. The second-order valence-electron chi connectivity index (χ2n) is 2.61. The van der Waals surface area contributed by atoms with Crippen LogP contribution < -0.4 is 0 Å². The predicted molar refractivity (Wildman–Crippen MR) is 43.4 cm³/mol. The lowest BCUT2D eigenvalue weighted by atomic mass is 10.2. The minimum absolute atomic E-state index is 0.0998. The first-order chi connectivity index (χ1) is 5.81. The van der Waals surface area contributed by atoms with Gasteiger partial charge in [-0.25, -0.2) is 0 Å². The molecule has 13 heavy (non-hydrogen) atoms. The van der Waals surface area contributed by atoms with E-state index < -0.39 is 25.5 Å². The molecule has 0 rings (SSSR count). The maximum Gasteiger partial charge on any atom is 0.332 e. The molecule has 0 saturated carbocycles. The fourth-order valence-electron chi connectivity index (χ4n) is 0.746. The first-order valence-corrected chi connectivity index (χ1v) is 5.39. The van der Waals surface area contributed by atoms with Crippen molar-refractivity contribution in [2.24, 2.45) is 0 Å². The van der Waals surface area contributed by atoms with Crippen molar-refractivity contribution in [3.8, 4) is 0 Å². The summed E-state index contributed by atoms with van der Waals surface area (Å²) in [6.07, 6.45) is -0.939. The Balaban J connectivity index is 3.65. The molecule has 0 aromatic heterocycles. The normalized spacial score (nSPS) is 11.2. The summed E-state index contributed by atoms with van der Waals surface area (Å²) in [5, 5.41) is 8.19. The molecular formula is C6H11O6P. The number of carboxylic acids is 1. The van der Waals surface area contributed by atoms with E-state index in [0.717, 1.165) is 0 Å². The highest BCUT2D eigenvalue weighted by Crippen LogP contribution is 2.34. The summed E-state index contributed by atoms with van der Waals surface area (Å²) in [6, 6.07) is 0. The Bertz CT molecular complexity index is 242. The number of hydrogen-bond donors (Lipinski definition) is 3. The number of aliphatic carboxylic acids is 1. The highest BCUT2D eigenvalue weighted by atomic mass is 31.2. The van der Waals surface area contributed by atoms with Gasteiger partial charge in [0.1, 0.15) is 11.9 Å². The molecule has 0 aromatic carbocycles. The molecular weight excluding hydrogens is 199 g/mol. The lowest BCUT2D eigenvalue weighted by Gasteiger charge is -2.01. The van der Waals surface area contributed by atoms with Gasteiger partial charge in [0, 0.05) is 12.8 Å². The SMILES string of the molecule is O=C(O)CCCC(=O)CP(=O)(O)O. The molecule has 3 N–H and O–H groups in total. The van der Waals surface area contributed by atoms with Crippen LogP contribution in [0.2, 0.25) is 0 Å². The van der Waals surface area contributed by atoms with Gasteiger partial charge in [-0.05, 0) is 6.42 Å². The van der Waals surface area contributed by atoms with Gasteiger partial charge in [0.25, 0.3) is 0 Å². The number of hydrogen-bond acceptors (Lipinski definition) is 3. The Morgan fingerprint density at radius 3 is 2.08 bits per heavy atom. The summed E-state index contributed by atoms with van der Waals surface area (Å²) in [4.78, 5) is 37.5. The van der Waals surface area contributed by atoms with E-state index in [0.29, 0.717) is 0 Å². The van der Waals surface area contributed by atoms with Crippen LogP contribution in [0.5, 0.6) is 0 Å². The molecule has 6 nitrogen and oxygen atoms in total. The van der Waals surface area contributed by atoms with E-state index >= 15 is 0 Å². The van der Waals surface area contributed by atoms with E-state index in [2.05, 4.69) is 0 Å². The molecule has 0 aromatic rings. The third-order valence-corrected chi connectivity index (χ3v) is 1.99. The molecule has 0 bridgehead atoms. The van der Waals surface area contributed by atoms with Gasteiger partial charge < -0.3 is 14.9 Å². The molecule has 0 fully saturated rings. The first-order valence-electron chi connectivity index (χ1n) is 3.59. The van der Waals surface area contributed by atoms with E-state index in [9.17, 15) is 14.2 Å². The number of carboxylic acid groups (broad SMARTS) is 1. The second kappa shape index (κ2) is 5.11. The molecule has 0 radical (unpaired) electrons. The van der Waals surface area contributed by atoms with Gasteiger partial charge >= 0.3 is 13.6 Å². The summed E-state index contributed by atoms with van der Waals surface area (Å²) < 4.78 is 10.3. The maximum atomic E-state index is 10.8. The Labute approximate surface area is 74.7 Å². The highest BCUT2D eigenvalue weighted by Gasteiger charge is 2.18. The molecule has 0 aliphatic heterocycles. The van der Waals surface area contributed by atoms with Gasteiger partial charge in [-0.3, -0.25) is 14.2 Å². The standard InChI is InChI=1S/C6H11O6P/c7-5(4-13(10,11)12)2-1-3-6(8)9/h1-4H2,(H,8,9)(H2,10,11,12). The van der Waals surface area contributed by atoms with Crippen LogP contribution in [0.25, 0.3) is 0 Å². The Morgan fingerprint density at radius 2 is 1.69 bits per heavy atom. The van der Waals surface area contributed by atoms with Gasteiger partial charge in [0.2, 0.25) is 0 Å². The molecule has 0 aliphatic rings. The number of carbonyl (C=O) groups is 2. The number of ketones is 1. The van der Waals surface area contributed by atoms with Crippen LogP contribution >= 0.6 is 7.60 Å². The third kappa shape index (κ3) is 9.20. The number of Topliss-reactive ketones (excluding diaryl/α,β-unsaturated/α-hetero) is 1.